The Morgan fingerprint density at radius 1 is 1.21 bits per heavy atom. The number of hydrogen-bond donors (Lipinski definition) is 1. The monoisotopic (exact) mass is 276 g/mol. The smallest absolute Gasteiger partial charge is 0.182 e. The SMILES string of the molecule is Cc1cccc(S(=O)(=O)Cc2ccnc(CN)c2)c1. The van der Waals surface area contributed by atoms with Gasteiger partial charge >= 0.3 is 0 Å². The molecule has 0 bridgehead atoms. The Balaban J connectivity index is 2.31. The minimum absolute atomic E-state index is 0.0357. The van der Waals surface area contributed by atoms with Crippen molar-refractivity contribution in [2.24, 2.45) is 5.73 Å². The molecule has 0 aliphatic heterocycles. The predicted molar refractivity (Wildman–Crippen MR) is 74.2 cm³/mol. The lowest BCUT2D eigenvalue weighted by Gasteiger charge is -2.06. The van der Waals surface area contributed by atoms with Crippen molar-refractivity contribution in [1.29, 1.82) is 0 Å². The molecule has 1 aromatic carbocycles. The zero-order valence-corrected chi connectivity index (χ0v) is 11.5. The van der Waals surface area contributed by atoms with Crippen molar-refractivity contribution in [3.63, 3.8) is 0 Å². The third kappa shape index (κ3) is 3.39. The Kier molecular flexibility index (Phi) is 3.97. The van der Waals surface area contributed by atoms with E-state index < -0.39 is 9.84 Å². The maximum absolute atomic E-state index is 12.3. The van der Waals surface area contributed by atoms with Crippen LogP contribution in [0.2, 0.25) is 0 Å². The summed E-state index contributed by atoms with van der Waals surface area (Å²) in [7, 11) is -3.33. The molecule has 0 spiro atoms. The standard InChI is InChI=1S/C14H16N2O2S/c1-11-3-2-4-14(7-11)19(17,18)10-12-5-6-16-13(8-12)9-15/h2-8H,9-10,15H2,1H3. The van der Waals surface area contributed by atoms with Crippen LogP contribution in [0.5, 0.6) is 0 Å². The second-order valence-corrected chi connectivity index (χ2v) is 6.42. The van der Waals surface area contributed by atoms with Gasteiger partial charge in [-0.2, -0.15) is 0 Å². The molecule has 0 aliphatic carbocycles. The molecule has 1 heterocycles. The van der Waals surface area contributed by atoms with Crippen molar-refractivity contribution in [2.45, 2.75) is 24.1 Å². The molecule has 0 unspecified atom stereocenters. The second kappa shape index (κ2) is 5.50. The summed E-state index contributed by atoms with van der Waals surface area (Å²) in [5, 5.41) is 0. The van der Waals surface area contributed by atoms with Gasteiger partial charge in [0.2, 0.25) is 0 Å². The molecule has 0 radical (unpaired) electrons. The summed E-state index contributed by atoms with van der Waals surface area (Å²) in [5.41, 5.74) is 7.83. The van der Waals surface area contributed by atoms with Crippen LogP contribution < -0.4 is 5.73 Å². The molecule has 1 aromatic heterocycles. The summed E-state index contributed by atoms with van der Waals surface area (Å²) in [4.78, 5) is 4.40. The fraction of sp³-hybridized carbons (Fsp3) is 0.214. The zero-order chi connectivity index (χ0) is 13.9. The summed E-state index contributed by atoms with van der Waals surface area (Å²) < 4.78 is 24.6. The highest BCUT2D eigenvalue weighted by atomic mass is 32.2. The van der Waals surface area contributed by atoms with Crippen molar-refractivity contribution in [2.75, 3.05) is 0 Å². The quantitative estimate of drug-likeness (QED) is 0.924. The molecular formula is C14H16N2O2S. The fourth-order valence-electron chi connectivity index (χ4n) is 1.84. The van der Waals surface area contributed by atoms with Crippen LogP contribution in [0.15, 0.2) is 47.5 Å². The Morgan fingerprint density at radius 3 is 2.68 bits per heavy atom. The van der Waals surface area contributed by atoms with Gasteiger partial charge in [-0.15, -0.1) is 0 Å². The Labute approximate surface area is 113 Å². The molecule has 5 heteroatoms. The minimum atomic E-state index is -3.33. The molecular weight excluding hydrogens is 260 g/mol. The van der Waals surface area contributed by atoms with Crippen LogP contribution in [0.3, 0.4) is 0 Å². The molecule has 0 fully saturated rings. The Hall–Kier alpha value is -1.72. The van der Waals surface area contributed by atoms with Gasteiger partial charge in [0, 0.05) is 12.7 Å². The topological polar surface area (TPSA) is 73.0 Å². The van der Waals surface area contributed by atoms with Crippen molar-refractivity contribution in [1.82, 2.24) is 4.98 Å². The van der Waals surface area contributed by atoms with E-state index in [4.69, 9.17) is 5.73 Å². The largest absolute Gasteiger partial charge is 0.325 e. The van der Waals surface area contributed by atoms with E-state index >= 15 is 0 Å². The van der Waals surface area contributed by atoms with E-state index in [1.165, 1.54) is 0 Å². The molecule has 0 aliphatic rings. The van der Waals surface area contributed by atoms with Crippen molar-refractivity contribution in [3.05, 3.63) is 59.4 Å². The highest BCUT2D eigenvalue weighted by Gasteiger charge is 2.15. The first-order valence-corrected chi connectivity index (χ1v) is 7.60. The predicted octanol–water partition coefficient (Wildman–Crippen LogP) is 1.82. The van der Waals surface area contributed by atoms with Gasteiger partial charge in [-0.05, 0) is 42.3 Å². The highest BCUT2D eigenvalue weighted by Crippen LogP contribution is 2.17. The number of aromatic nitrogens is 1. The van der Waals surface area contributed by atoms with Gasteiger partial charge in [-0.25, -0.2) is 8.42 Å². The molecule has 0 saturated heterocycles. The first kappa shape index (κ1) is 13.7. The summed E-state index contributed by atoms with van der Waals surface area (Å²) in [6.07, 6.45) is 1.59. The van der Waals surface area contributed by atoms with E-state index in [0.29, 0.717) is 22.7 Å². The molecule has 2 aromatic rings. The molecule has 0 saturated carbocycles. The molecule has 0 atom stereocenters. The fourth-order valence-corrected chi connectivity index (χ4v) is 3.28. The first-order chi connectivity index (χ1) is 9.01. The summed E-state index contributed by atoms with van der Waals surface area (Å²) >= 11 is 0. The van der Waals surface area contributed by atoms with Crippen molar-refractivity contribution in [3.8, 4) is 0 Å². The van der Waals surface area contributed by atoms with Gasteiger partial charge < -0.3 is 5.73 Å². The van der Waals surface area contributed by atoms with Crippen LogP contribution in [0.25, 0.3) is 0 Å². The molecule has 0 amide bonds. The van der Waals surface area contributed by atoms with Gasteiger partial charge in [-0.1, -0.05) is 12.1 Å². The van der Waals surface area contributed by atoms with Gasteiger partial charge in [0.25, 0.3) is 0 Å². The lowest BCUT2D eigenvalue weighted by Crippen LogP contribution is -2.07. The zero-order valence-electron chi connectivity index (χ0n) is 10.7. The number of aryl methyl sites for hydroxylation is 1. The summed E-state index contributed by atoms with van der Waals surface area (Å²) in [5.74, 6) is -0.0357. The van der Waals surface area contributed by atoms with E-state index in [9.17, 15) is 8.42 Å². The lowest BCUT2D eigenvalue weighted by atomic mass is 10.2. The van der Waals surface area contributed by atoms with Crippen LogP contribution in [0.4, 0.5) is 0 Å². The van der Waals surface area contributed by atoms with E-state index in [1.54, 1.807) is 36.5 Å². The van der Waals surface area contributed by atoms with Crippen LogP contribution in [-0.4, -0.2) is 13.4 Å². The summed E-state index contributed by atoms with van der Waals surface area (Å²) in [6, 6.07) is 10.4. The van der Waals surface area contributed by atoms with Crippen molar-refractivity contribution < 1.29 is 8.42 Å². The van der Waals surface area contributed by atoms with Crippen LogP contribution >= 0.6 is 0 Å². The molecule has 2 rings (SSSR count). The summed E-state index contributed by atoms with van der Waals surface area (Å²) in [6.45, 7) is 2.18. The Bertz CT molecular complexity index is 681. The Morgan fingerprint density at radius 2 is 2.00 bits per heavy atom. The van der Waals surface area contributed by atoms with E-state index in [0.717, 1.165) is 5.56 Å². The molecule has 2 N–H and O–H groups in total. The maximum Gasteiger partial charge on any atom is 0.182 e. The van der Waals surface area contributed by atoms with Crippen molar-refractivity contribution >= 4 is 9.84 Å². The molecule has 19 heavy (non-hydrogen) atoms. The number of hydrogen-bond acceptors (Lipinski definition) is 4. The van der Waals surface area contributed by atoms with Gasteiger partial charge in [0.15, 0.2) is 9.84 Å². The van der Waals surface area contributed by atoms with E-state index in [2.05, 4.69) is 4.98 Å². The average molecular weight is 276 g/mol. The lowest BCUT2D eigenvalue weighted by molar-refractivity contribution is 0.595. The second-order valence-electron chi connectivity index (χ2n) is 4.44. The first-order valence-electron chi connectivity index (χ1n) is 5.94. The normalized spacial score (nSPS) is 11.5. The third-order valence-corrected chi connectivity index (χ3v) is 4.48. The minimum Gasteiger partial charge on any atom is -0.325 e. The van der Waals surface area contributed by atoms with E-state index in [-0.39, 0.29) is 5.75 Å². The number of nitrogens with zero attached hydrogens (tertiary/aromatic N) is 1. The van der Waals surface area contributed by atoms with Crippen LogP contribution in [0, 0.1) is 6.92 Å². The highest BCUT2D eigenvalue weighted by molar-refractivity contribution is 7.90. The number of rotatable bonds is 4. The molecule has 4 nitrogen and oxygen atoms in total. The van der Waals surface area contributed by atoms with Crippen LogP contribution in [0.1, 0.15) is 16.8 Å². The van der Waals surface area contributed by atoms with Gasteiger partial charge in [-0.3, -0.25) is 4.98 Å². The molecule has 100 valence electrons. The van der Waals surface area contributed by atoms with E-state index in [1.807, 2.05) is 13.0 Å². The maximum atomic E-state index is 12.3. The number of sulfone groups is 1. The number of pyridine rings is 1. The van der Waals surface area contributed by atoms with Crippen LogP contribution in [-0.2, 0) is 22.1 Å². The average Bonchev–Trinajstić information content (AvgIpc) is 2.38. The number of nitrogens with two attached hydrogens (primary N) is 1. The van der Waals surface area contributed by atoms with Gasteiger partial charge in [0.05, 0.1) is 16.3 Å². The third-order valence-electron chi connectivity index (χ3n) is 2.80. The number of benzene rings is 1. The van der Waals surface area contributed by atoms with Gasteiger partial charge in [0.1, 0.15) is 0 Å².